The van der Waals surface area contributed by atoms with E-state index in [-0.39, 0.29) is 12.3 Å². The second kappa shape index (κ2) is 11.8. The van der Waals surface area contributed by atoms with E-state index in [0.717, 1.165) is 64.2 Å². The molecular weight excluding hydrogens is 384 g/mol. The van der Waals surface area contributed by atoms with Crippen molar-refractivity contribution in [3.63, 3.8) is 0 Å². The standard InChI is InChI=1S/C24H31F2N3O/c25-22-10-8-20(18-23(22)26)9-11-24(30)27-12-4-5-13-28-14-16-29(17-15-28)19-21-6-2-1-3-7-21/h1-3,6-8,10,18H,4-5,9,11-17,19H2,(H,27,30). The van der Waals surface area contributed by atoms with Crippen molar-refractivity contribution in [2.45, 2.75) is 32.2 Å². The fraction of sp³-hybridized carbons (Fsp3) is 0.458. The number of piperazine rings is 1. The Morgan fingerprint density at radius 1 is 0.867 bits per heavy atom. The topological polar surface area (TPSA) is 35.6 Å². The Morgan fingerprint density at radius 3 is 2.33 bits per heavy atom. The minimum Gasteiger partial charge on any atom is -0.356 e. The highest BCUT2D eigenvalue weighted by Gasteiger charge is 2.16. The van der Waals surface area contributed by atoms with Gasteiger partial charge in [-0.2, -0.15) is 0 Å². The summed E-state index contributed by atoms with van der Waals surface area (Å²) < 4.78 is 26.1. The van der Waals surface area contributed by atoms with Gasteiger partial charge in [0.1, 0.15) is 0 Å². The first-order valence-electron chi connectivity index (χ1n) is 10.8. The third-order valence-electron chi connectivity index (χ3n) is 5.56. The normalized spacial score (nSPS) is 15.3. The molecule has 2 aromatic rings. The van der Waals surface area contributed by atoms with Crippen molar-refractivity contribution in [1.29, 1.82) is 0 Å². The molecule has 0 spiro atoms. The number of unbranched alkanes of at least 4 members (excludes halogenated alkanes) is 1. The molecule has 1 N–H and O–H groups in total. The number of aryl methyl sites for hydroxylation is 1. The third-order valence-corrected chi connectivity index (χ3v) is 5.56. The van der Waals surface area contributed by atoms with Crippen molar-refractivity contribution >= 4 is 5.91 Å². The molecule has 2 aromatic carbocycles. The number of nitrogens with one attached hydrogen (secondary N) is 1. The Bertz CT molecular complexity index is 792. The molecule has 1 aliphatic heterocycles. The monoisotopic (exact) mass is 415 g/mol. The molecule has 1 saturated heterocycles. The van der Waals surface area contributed by atoms with Crippen LogP contribution in [0.4, 0.5) is 8.78 Å². The quantitative estimate of drug-likeness (QED) is 0.602. The minimum atomic E-state index is -0.867. The smallest absolute Gasteiger partial charge is 0.220 e. The predicted octanol–water partition coefficient (Wildman–Crippen LogP) is 3.61. The number of benzene rings is 2. The van der Waals surface area contributed by atoms with Crippen molar-refractivity contribution in [3.05, 3.63) is 71.3 Å². The maximum atomic E-state index is 13.2. The van der Waals surface area contributed by atoms with Crippen LogP contribution >= 0.6 is 0 Å². The zero-order valence-electron chi connectivity index (χ0n) is 17.5. The van der Waals surface area contributed by atoms with Crippen LogP contribution in [-0.4, -0.2) is 55.0 Å². The van der Waals surface area contributed by atoms with Crippen molar-refractivity contribution in [2.24, 2.45) is 0 Å². The van der Waals surface area contributed by atoms with Gasteiger partial charge >= 0.3 is 0 Å². The average molecular weight is 416 g/mol. The highest BCUT2D eigenvalue weighted by atomic mass is 19.2. The van der Waals surface area contributed by atoms with Gasteiger partial charge in [0, 0.05) is 45.7 Å². The number of carbonyl (C=O) groups is 1. The molecule has 0 aromatic heterocycles. The maximum Gasteiger partial charge on any atom is 0.220 e. The number of nitrogens with zero attached hydrogens (tertiary/aromatic N) is 2. The van der Waals surface area contributed by atoms with Crippen molar-refractivity contribution in [2.75, 3.05) is 39.3 Å². The van der Waals surface area contributed by atoms with Crippen LogP contribution in [-0.2, 0) is 17.8 Å². The molecule has 0 bridgehead atoms. The molecule has 1 fully saturated rings. The van der Waals surface area contributed by atoms with Gasteiger partial charge in [-0.25, -0.2) is 8.78 Å². The third kappa shape index (κ3) is 7.50. The SMILES string of the molecule is O=C(CCc1ccc(F)c(F)c1)NCCCCN1CCN(Cc2ccccc2)CC1. The lowest BCUT2D eigenvalue weighted by atomic mass is 10.1. The Hall–Kier alpha value is -2.31. The Balaban J connectivity index is 1.22. The number of hydrogen-bond acceptors (Lipinski definition) is 3. The van der Waals surface area contributed by atoms with Crippen LogP contribution in [0.5, 0.6) is 0 Å². The summed E-state index contributed by atoms with van der Waals surface area (Å²) in [7, 11) is 0. The molecule has 1 aliphatic rings. The zero-order chi connectivity index (χ0) is 21.2. The van der Waals surface area contributed by atoms with Gasteiger partial charge in [0.2, 0.25) is 5.91 Å². The van der Waals surface area contributed by atoms with Crippen LogP contribution in [0.15, 0.2) is 48.5 Å². The molecule has 0 atom stereocenters. The van der Waals surface area contributed by atoms with Crippen LogP contribution in [0.1, 0.15) is 30.4 Å². The number of rotatable bonds is 10. The van der Waals surface area contributed by atoms with Crippen LogP contribution in [0.3, 0.4) is 0 Å². The van der Waals surface area contributed by atoms with E-state index < -0.39 is 11.6 Å². The molecule has 30 heavy (non-hydrogen) atoms. The molecule has 0 aliphatic carbocycles. The fourth-order valence-electron chi connectivity index (χ4n) is 3.74. The van der Waals surface area contributed by atoms with Gasteiger partial charge < -0.3 is 10.2 Å². The summed E-state index contributed by atoms with van der Waals surface area (Å²) in [6.07, 6.45) is 2.70. The Kier molecular flexibility index (Phi) is 8.78. The minimum absolute atomic E-state index is 0.0470. The van der Waals surface area contributed by atoms with Gasteiger partial charge in [-0.05, 0) is 49.1 Å². The second-order valence-electron chi connectivity index (χ2n) is 7.91. The lowest BCUT2D eigenvalue weighted by Crippen LogP contribution is -2.46. The van der Waals surface area contributed by atoms with Crippen molar-refractivity contribution in [1.82, 2.24) is 15.1 Å². The first kappa shape index (κ1) is 22.4. The molecule has 0 saturated carbocycles. The summed E-state index contributed by atoms with van der Waals surface area (Å²) in [6, 6.07) is 14.4. The molecule has 162 valence electrons. The van der Waals surface area contributed by atoms with E-state index >= 15 is 0 Å². The van der Waals surface area contributed by atoms with Crippen LogP contribution in [0, 0.1) is 11.6 Å². The van der Waals surface area contributed by atoms with E-state index in [1.54, 1.807) is 0 Å². The molecule has 0 radical (unpaired) electrons. The maximum absolute atomic E-state index is 13.2. The van der Waals surface area contributed by atoms with Gasteiger partial charge in [-0.3, -0.25) is 9.69 Å². The van der Waals surface area contributed by atoms with Crippen LogP contribution in [0.25, 0.3) is 0 Å². The van der Waals surface area contributed by atoms with Gasteiger partial charge in [-0.1, -0.05) is 36.4 Å². The first-order chi connectivity index (χ1) is 14.6. The van der Waals surface area contributed by atoms with Gasteiger partial charge in [0.25, 0.3) is 0 Å². The summed E-state index contributed by atoms with van der Waals surface area (Å²) in [6.45, 7) is 7.10. The van der Waals surface area contributed by atoms with E-state index in [9.17, 15) is 13.6 Å². The highest BCUT2D eigenvalue weighted by Crippen LogP contribution is 2.11. The summed E-state index contributed by atoms with van der Waals surface area (Å²) in [5, 5.41) is 2.92. The zero-order valence-corrected chi connectivity index (χ0v) is 17.5. The van der Waals surface area contributed by atoms with Crippen LogP contribution in [0.2, 0.25) is 0 Å². The lowest BCUT2D eigenvalue weighted by Gasteiger charge is -2.34. The van der Waals surface area contributed by atoms with E-state index in [2.05, 4.69) is 45.4 Å². The Labute approximate surface area is 177 Å². The summed E-state index contributed by atoms with van der Waals surface area (Å²) in [4.78, 5) is 16.9. The average Bonchev–Trinajstić information content (AvgIpc) is 2.76. The van der Waals surface area contributed by atoms with Crippen LogP contribution < -0.4 is 5.32 Å². The van der Waals surface area contributed by atoms with E-state index in [1.807, 2.05) is 0 Å². The molecule has 6 heteroatoms. The molecule has 4 nitrogen and oxygen atoms in total. The van der Waals surface area contributed by atoms with Gasteiger partial charge in [0.15, 0.2) is 11.6 Å². The number of carbonyl (C=O) groups excluding carboxylic acids is 1. The van der Waals surface area contributed by atoms with Gasteiger partial charge in [-0.15, -0.1) is 0 Å². The number of hydrogen-bond donors (Lipinski definition) is 1. The largest absolute Gasteiger partial charge is 0.356 e. The van der Waals surface area contributed by atoms with Crippen molar-refractivity contribution < 1.29 is 13.6 Å². The fourth-order valence-corrected chi connectivity index (χ4v) is 3.74. The van der Waals surface area contributed by atoms with Crippen molar-refractivity contribution in [3.8, 4) is 0 Å². The summed E-state index contributed by atoms with van der Waals surface area (Å²) in [5.41, 5.74) is 2.00. The lowest BCUT2D eigenvalue weighted by molar-refractivity contribution is -0.121. The first-order valence-corrected chi connectivity index (χ1v) is 10.8. The molecule has 3 rings (SSSR count). The van der Waals surface area contributed by atoms with Gasteiger partial charge in [0.05, 0.1) is 0 Å². The molecule has 0 unspecified atom stereocenters. The second-order valence-corrected chi connectivity index (χ2v) is 7.91. The van der Waals surface area contributed by atoms with E-state index in [0.29, 0.717) is 18.5 Å². The molecule has 1 heterocycles. The summed E-state index contributed by atoms with van der Waals surface area (Å²) in [5.74, 6) is -1.77. The summed E-state index contributed by atoms with van der Waals surface area (Å²) >= 11 is 0. The predicted molar refractivity (Wildman–Crippen MR) is 115 cm³/mol. The number of amides is 1. The highest BCUT2D eigenvalue weighted by molar-refractivity contribution is 5.76. The number of halogens is 2. The van der Waals surface area contributed by atoms with E-state index in [4.69, 9.17) is 0 Å². The molecule has 1 amide bonds. The van der Waals surface area contributed by atoms with E-state index in [1.165, 1.54) is 11.6 Å². The Morgan fingerprint density at radius 2 is 1.60 bits per heavy atom. The molecular formula is C24H31F2N3O.